The second-order valence-electron chi connectivity index (χ2n) is 4.93. The number of aliphatic hydroxyl groups excluding tert-OH is 1. The predicted octanol–water partition coefficient (Wildman–Crippen LogP) is 3.22. The molecule has 1 atom stereocenters. The van der Waals surface area contributed by atoms with E-state index in [0.29, 0.717) is 27.8 Å². The zero-order chi connectivity index (χ0) is 15.6. The van der Waals surface area contributed by atoms with Crippen LogP contribution in [0.3, 0.4) is 0 Å². The van der Waals surface area contributed by atoms with Gasteiger partial charge in [-0.25, -0.2) is 0 Å². The number of aliphatic hydroxyl groups is 1. The van der Waals surface area contributed by atoms with Crippen LogP contribution >= 0.6 is 11.6 Å². The van der Waals surface area contributed by atoms with E-state index in [0.717, 1.165) is 0 Å². The smallest absolute Gasteiger partial charge is 0.163 e. The van der Waals surface area contributed by atoms with E-state index >= 15 is 0 Å². The monoisotopic (exact) mass is 310 g/mol. The van der Waals surface area contributed by atoms with Crippen molar-refractivity contribution in [2.24, 2.45) is 0 Å². The van der Waals surface area contributed by atoms with Crippen molar-refractivity contribution < 1.29 is 14.6 Å². The van der Waals surface area contributed by atoms with Crippen LogP contribution in [0.25, 0.3) is 0 Å². The van der Waals surface area contributed by atoms with Crippen LogP contribution in [-0.4, -0.2) is 29.1 Å². The second-order valence-corrected chi connectivity index (χ2v) is 5.36. The normalized spacial score (nSPS) is 12.5. The Labute approximate surface area is 129 Å². The van der Waals surface area contributed by atoms with Gasteiger partial charge in [-0.15, -0.1) is 0 Å². The van der Waals surface area contributed by atoms with Crippen molar-refractivity contribution in [2.45, 2.75) is 26.0 Å². The molecule has 0 saturated heterocycles. The lowest BCUT2D eigenvalue weighted by molar-refractivity contribution is 0.195. The van der Waals surface area contributed by atoms with Crippen molar-refractivity contribution in [3.63, 3.8) is 0 Å². The summed E-state index contributed by atoms with van der Waals surface area (Å²) in [5.41, 5.74) is 1.15. The molecule has 1 N–H and O–H groups in total. The quantitative estimate of drug-likeness (QED) is 0.921. The fourth-order valence-electron chi connectivity index (χ4n) is 2.25. The lowest BCUT2D eigenvalue weighted by atomic mass is 10.0. The minimum absolute atomic E-state index is 0.0868. The van der Waals surface area contributed by atoms with Crippen LogP contribution in [0.2, 0.25) is 5.02 Å². The van der Waals surface area contributed by atoms with Gasteiger partial charge in [0.25, 0.3) is 0 Å². The number of ether oxygens (including phenoxy) is 2. The third-order valence-electron chi connectivity index (χ3n) is 3.25. The number of benzene rings is 1. The molecule has 2 rings (SSSR count). The molecular formula is C15H19ClN2O3. The molecule has 1 aromatic carbocycles. The summed E-state index contributed by atoms with van der Waals surface area (Å²) >= 11 is 6.03. The van der Waals surface area contributed by atoms with Crippen molar-refractivity contribution in [3.05, 3.63) is 40.7 Å². The van der Waals surface area contributed by atoms with Crippen molar-refractivity contribution in [1.82, 2.24) is 9.78 Å². The van der Waals surface area contributed by atoms with Gasteiger partial charge >= 0.3 is 0 Å². The van der Waals surface area contributed by atoms with Gasteiger partial charge in [0.1, 0.15) is 17.5 Å². The van der Waals surface area contributed by atoms with Gasteiger partial charge in [0.05, 0.1) is 20.4 Å². The van der Waals surface area contributed by atoms with Gasteiger partial charge in [0.2, 0.25) is 0 Å². The summed E-state index contributed by atoms with van der Waals surface area (Å²) in [6, 6.07) is 5.21. The largest absolute Gasteiger partial charge is 0.496 e. The first kappa shape index (κ1) is 15.7. The lowest BCUT2D eigenvalue weighted by Crippen LogP contribution is -2.13. The summed E-state index contributed by atoms with van der Waals surface area (Å²) in [6.45, 7) is 3.97. The summed E-state index contributed by atoms with van der Waals surface area (Å²) in [4.78, 5) is 0. The maximum atomic E-state index is 10.8. The van der Waals surface area contributed by atoms with Crippen LogP contribution in [0.1, 0.15) is 37.3 Å². The molecule has 0 bridgehead atoms. The fraction of sp³-hybridized carbons (Fsp3) is 0.400. The number of halogens is 1. The Balaban J connectivity index is 2.56. The molecule has 0 spiro atoms. The topological polar surface area (TPSA) is 56.5 Å². The molecule has 0 fully saturated rings. The first-order valence-corrected chi connectivity index (χ1v) is 7.00. The molecule has 114 valence electrons. The van der Waals surface area contributed by atoms with Crippen molar-refractivity contribution in [2.75, 3.05) is 14.2 Å². The van der Waals surface area contributed by atoms with Crippen LogP contribution in [-0.2, 0) is 0 Å². The highest BCUT2D eigenvalue weighted by Gasteiger charge is 2.25. The third kappa shape index (κ3) is 2.99. The van der Waals surface area contributed by atoms with Gasteiger partial charge in [-0.3, -0.25) is 4.68 Å². The molecule has 1 heterocycles. The molecule has 5 nitrogen and oxygen atoms in total. The number of hydrogen-bond acceptors (Lipinski definition) is 4. The van der Waals surface area contributed by atoms with Gasteiger partial charge in [0.15, 0.2) is 5.75 Å². The zero-order valence-corrected chi connectivity index (χ0v) is 13.3. The van der Waals surface area contributed by atoms with Gasteiger partial charge in [-0.1, -0.05) is 11.6 Å². The Morgan fingerprint density at radius 1 is 1.19 bits per heavy atom. The Morgan fingerprint density at radius 3 is 2.43 bits per heavy atom. The van der Waals surface area contributed by atoms with E-state index < -0.39 is 6.10 Å². The summed E-state index contributed by atoms with van der Waals surface area (Å²) < 4.78 is 12.3. The Bertz CT molecular complexity index is 625. The van der Waals surface area contributed by atoms with Crippen LogP contribution in [0.4, 0.5) is 0 Å². The van der Waals surface area contributed by atoms with E-state index in [-0.39, 0.29) is 6.04 Å². The number of hydrogen-bond donors (Lipinski definition) is 1. The maximum absolute atomic E-state index is 10.8. The third-order valence-corrected chi connectivity index (χ3v) is 3.49. The predicted molar refractivity (Wildman–Crippen MR) is 81.2 cm³/mol. The minimum Gasteiger partial charge on any atom is -0.496 e. The highest BCUT2D eigenvalue weighted by atomic mass is 35.5. The number of aromatic nitrogens is 2. The van der Waals surface area contributed by atoms with Gasteiger partial charge in [-0.2, -0.15) is 5.10 Å². The van der Waals surface area contributed by atoms with Crippen molar-refractivity contribution in [1.29, 1.82) is 0 Å². The highest BCUT2D eigenvalue weighted by molar-refractivity contribution is 6.30. The van der Waals surface area contributed by atoms with E-state index in [1.54, 1.807) is 43.3 Å². The summed E-state index contributed by atoms with van der Waals surface area (Å²) in [6.07, 6.45) is 0.647. The maximum Gasteiger partial charge on any atom is 0.163 e. The fourth-order valence-corrected chi connectivity index (χ4v) is 2.43. The van der Waals surface area contributed by atoms with Crippen LogP contribution in [0, 0.1) is 0 Å². The van der Waals surface area contributed by atoms with E-state index in [1.165, 1.54) is 0 Å². The molecule has 0 amide bonds. The molecule has 1 unspecified atom stereocenters. The van der Waals surface area contributed by atoms with Crippen molar-refractivity contribution in [3.8, 4) is 11.5 Å². The van der Waals surface area contributed by atoms with Gasteiger partial charge < -0.3 is 14.6 Å². The van der Waals surface area contributed by atoms with Gasteiger partial charge in [-0.05, 0) is 32.0 Å². The minimum atomic E-state index is -0.946. The summed E-state index contributed by atoms with van der Waals surface area (Å²) in [7, 11) is 3.10. The Morgan fingerprint density at radius 2 is 1.86 bits per heavy atom. The molecule has 0 aliphatic rings. The highest BCUT2D eigenvalue weighted by Crippen LogP contribution is 2.37. The summed E-state index contributed by atoms with van der Waals surface area (Å²) in [5.74, 6) is 1.09. The lowest BCUT2D eigenvalue weighted by Gasteiger charge is -2.19. The molecule has 6 heteroatoms. The molecule has 21 heavy (non-hydrogen) atoms. The standard InChI is InChI=1S/C15H19ClN2O3/c1-9(2)18-14(13(21-4)8-17-18)15(19)11-7-10(16)5-6-12(11)20-3/h5-9,15,19H,1-4H3. The van der Waals surface area contributed by atoms with Crippen LogP contribution < -0.4 is 9.47 Å². The average Bonchev–Trinajstić information content (AvgIpc) is 2.90. The van der Waals surface area contributed by atoms with Crippen LogP contribution in [0.15, 0.2) is 24.4 Å². The van der Waals surface area contributed by atoms with Crippen LogP contribution in [0.5, 0.6) is 11.5 Å². The average molecular weight is 311 g/mol. The molecule has 0 radical (unpaired) electrons. The first-order valence-electron chi connectivity index (χ1n) is 6.62. The molecule has 1 aromatic heterocycles. The first-order chi connectivity index (χ1) is 9.99. The zero-order valence-electron chi connectivity index (χ0n) is 12.5. The molecule has 2 aromatic rings. The molecule has 0 saturated carbocycles. The van der Waals surface area contributed by atoms with E-state index in [1.807, 2.05) is 13.8 Å². The van der Waals surface area contributed by atoms with E-state index in [9.17, 15) is 5.11 Å². The number of methoxy groups -OCH3 is 2. The Hall–Kier alpha value is -1.72. The second kappa shape index (κ2) is 6.37. The number of rotatable bonds is 5. The van der Waals surface area contributed by atoms with Gasteiger partial charge in [0, 0.05) is 16.6 Å². The van der Waals surface area contributed by atoms with E-state index in [2.05, 4.69) is 5.10 Å². The SMILES string of the molecule is COc1ccc(Cl)cc1C(O)c1c(OC)cnn1C(C)C. The Kier molecular flexibility index (Phi) is 4.75. The molecular weight excluding hydrogens is 292 g/mol. The summed E-state index contributed by atoms with van der Waals surface area (Å²) in [5, 5.41) is 15.6. The van der Waals surface area contributed by atoms with E-state index in [4.69, 9.17) is 21.1 Å². The molecule has 0 aliphatic heterocycles. The number of nitrogens with zero attached hydrogens (tertiary/aromatic N) is 2. The molecule has 0 aliphatic carbocycles. The van der Waals surface area contributed by atoms with Crippen molar-refractivity contribution >= 4 is 11.6 Å².